The van der Waals surface area contributed by atoms with Gasteiger partial charge >= 0.3 is 5.97 Å². The van der Waals surface area contributed by atoms with Crippen molar-refractivity contribution < 1.29 is 14.6 Å². The normalized spacial score (nSPS) is 15.3. The van der Waals surface area contributed by atoms with Crippen LogP contribution in [0.3, 0.4) is 0 Å². The van der Waals surface area contributed by atoms with Crippen molar-refractivity contribution >= 4 is 51.6 Å². The lowest BCUT2D eigenvalue weighted by atomic mass is 10.1. The van der Waals surface area contributed by atoms with Crippen LogP contribution in [0.25, 0.3) is 10.9 Å². The highest BCUT2D eigenvalue weighted by molar-refractivity contribution is 6.34. The summed E-state index contributed by atoms with van der Waals surface area (Å²) in [5.41, 5.74) is 6.88. The van der Waals surface area contributed by atoms with E-state index in [1.54, 1.807) is 47.3 Å². The third-order valence-corrected chi connectivity index (χ3v) is 6.99. The average Bonchev–Trinajstić information content (AvgIpc) is 3.34. The number of halogens is 2. The summed E-state index contributed by atoms with van der Waals surface area (Å²) in [7, 11) is 0. The van der Waals surface area contributed by atoms with Gasteiger partial charge in [0, 0.05) is 37.1 Å². The SMILES string of the molecule is Nc1ccc(Cn2cc(C(=O)O)c(=O)c3cc(Cl)c(N4CCC[C@@H]4COc4ncccc4Cl)cc32)cn1. The van der Waals surface area contributed by atoms with Gasteiger partial charge in [0.15, 0.2) is 0 Å². The highest BCUT2D eigenvalue weighted by Crippen LogP contribution is 2.35. The van der Waals surface area contributed by atoms with Crippen LogP contribution in [-0.2, 0) is 6.54 Å². The summed E-state index contributed by atoms with van der Waals surface area (Å²) in [6.07, 6.45) is 6.40. The molecule has 0 spiro atoms. The van der Waals surface area contributed by atoms with Crippen LogP contribution in [0.2, 0.25) is 10.0 Å². The monoisotopic (exact) mass is 539 g/mol. The summed E-state index contributed by atoms with van der Waals surface area (Å²) in [4.78, 5) is 35.3. The van der Waals surface area contributed by atoms with E-state index in [1.165, 1.54) is 6.20 Å². The molecular formula is C26H23Cl2N5O4. The summed E-state index contributed by atoms with van der Waals surface area (Å²) in [5, 5.41) is 10.7. The lowest BCUT2D eigenvalue weighted by Crippen LogP contribution is -2.34. The second-order valence-corrected chi connectivity index (χ2v) is 9.62. The molecule has 0 unspecified atom stereocenters. The summed E-state index contributed by atoms with van der Waals surface area (Å²) in [6, 6.07) is 10.3. The van der Waals surface area contributed by atoms with E-state index in [9.17, 15) is 14.7 Å². The predicted molar refractivity (Wildman–Crippen MR) is 143 cm³/mol. The average molecular weight is 540 g/mol. The number of carboxylic acids is 1. The Kier molecular flexibility index (Phi) is 6.90. The number of pyridine rings is 3. The van der Waals surface area contributed by atoms with Crippen LogP contribution >= 0.6 is 23.2 Å². The number of fused-ring (bicyclic) bond motifs is 1. The zero-order valence-corrected chi connectivity index (χ0v) is 21.1. The molecule has 1 atom stereocenters. The molecule has 1 aliphatic rings. The van der Waals surface area contributed by atoms with Gasteiger partial charge in [0.2, 0.25) is 11.3 Å². The van der Waals surface area contributed by atoms with Crippen molar-refractivity contribution in [1.29, 1.82) is 0 Å². The molecule has 1 aliphatic heterocycles. The summed E-state index contributed by atoms with van der Waals surface area (Å²) in [5.74, 6) is -0.558. The Morgan fingerprint density at radius 3 is 2.76 bits per heavy atom. The van der Waals surface area contributed by atoms with E-state index < -0.39 is 11.4 Å². The molecule has 1 fully saturated rings. The molecule has 0 radical (unpaired) electrons. The number of ether oxygens (including phenoxy) is 1. The van der Waals surface area contributed by atoms with Gasteiger partial charge in [0.1, 0.15) is 23.0 Å². The number of aromatic carboxylic acids is 1. The molecule has 190 valence electrons. The van der Waals surface area contributed by atoms with Crippen LogP contribution in [0.1, 0.15) is 28.8 Å². The second-order valence-electron chi connectivity index (χ2n) is 8.81. The fraction of sp³-hybridized carbons (Fsp3) is 0.231. The van der Waals surface area contributed by atoms with Crippen LogP contribution in [0.4, 0.5) is 11.5 Å². The first-order chi connectivity index (χ1) is 17.8. The molecule has 37 heavy (non-hydrogen) atoms. The van der Waals surface area contributed by atoms with Crippen molar-refractivity contribution in [1.82, 2.24) is 14.5 Å². The number of nitrogens with two attached hydrogens (primary N) is 1. The lowest BCUT2D eigenvalue weighted by molar-refractivity contribution is 0.0695. The summed E-state index contributed by atoms with van der Waals surface area (Å²) in [6.45, 7) is 1.39. The zero-order valence-electron chi connectivity index (χ0n) is 19.6. The number of carbonyl (C=O) groups is 1. The Balaban J connectivity index is 1.54. The molecule has 3 aromatic heterocycles. The molecule has 4 heterocycles. The van der Waals surface area contributed by atoms with Gasteiger partial charge in [-0.3, -0.25) is 4.79 Å². The minimum atomic E-state index is -1.30. The van der Waals surface area contributed by atoms with Crippen LogP contribution < -0.4 is 20.8 Å². The van der Waals surface area contributed by atoms with E-state index in [0.717, 1.165) is 30.6 Å². The number of rotatable bonds is 7. The van der Waals surface area contributed by atoms with Gasteiger partial charge in [-0.2, -0.15) is 0 Å². The highest BCUT2D eigenvalue weighted by atomic mass is 35.5. The number of anilines is 2. The van der Waals surface area contributed by atoms with Gasteiger partial charge in [0.25, 0.3) is 0 Å². The smallest absolute Gasteiger partial charge is 0.341 e. The van der Waals surface area contributed by atoms with E-state index in [2.05, 4.69) is 14.9 Å². The summed E-state index contributed by atoms with van der Waals surface area (Å²) < 4.78 is 7.63. The van der Waals surface area contributed by atoms with Crippen molar-refractivity contribution in [2.24, 2.45) is 0 Å². The van der Waals surface area contributed by atoms with Gasteiger partial charge in [-0.05, 0) is 48.7 Å². The molecule has 11 heteroatoms. The van der Waals surface area contributed by atoms with Crippen LogP contribution in [-0.4, -0.2) is 44.8 Å². The number of benzene rings is 1. The van der Waals surface area contributed by atoms with Gasteiger partial charge in [-0.25, -0.2) is 14.8 Å². The fourth-order valence-corrected chi connectivity index (χ4v) is 5.06. The quantitative estimate of drug-likeness (QED) is 0.352. The Morgan fingerprint density at radius 1 is 1.19 bits per heavy atom. The van der Waals surface area contributed by atoms with Crippen molar-refractivity contribution in [3.8, 4) is 5.88 Å². The largest absolute Gasteiger partial charge is 0.477 e. The Bertz CT molecular complexity index is 1540. The molecule has 3 N–H and O–H groups in total. The molecule has 1 saturated heterocycles. The standard InChI is InChI=1S/C26H23Cl2N5O4/c27-19-4-1-7-30-25(19)37-14-16-3-2-8-33(16)22-10-21-17(9-20(22)28)24(34)18(26(35)36)13-32(21)12-15-5-6-23(29)31-11-15/h1,4-7,9-11,13,16H,2-3,8,12,14H2,(H2,29,31)(H,35,36)/t16-/m1/s1. The Labute approximate surface area is 222 Å². The molecule has 0 aliphatic carbocycles. The van der Waals surface area contributed by atoms with E-state index in [4.69, 9.17) is 33.7 Å². The zero-order chi connectivity index (χ0) is 26.1. The molecule has 1 aromatic carbocycles. The van der Waals surface area contributed by atoms with Gasteiger partial charge < -0.3 is 25.0 Å². The van der Waals surface area contributed by atoms with Gasteiger partial charge in [0.05, 0.1) is 22.3 Å². The van der Waals surface area contributed by atoms with Crippen molar-refractivity contribution in [3.63, 3.8) is 0 Å². The Morgan fingerprint density at radius 2 is 2.03 bits per heavy atom. The van der Waals surface area contributed by atoms with E-state index >= 15 is 0 Å². The van der Waals surface area contributed by atoms with Crippen LogP contribution in [0.15, 0.2) is 59.8 Å². The van der Waals surface area contributed by atoms with E-state index in [-0.39, 0.29) is 23.5 Å². The third kappa shape index (κ3) is 5.05. The minimum Gasteiger partial charge on any atom is -0.477 e. The maximum Gasteiger partial charge on any atom is 0.341 e. The van der Waals surface area contributed by atoms with Gasteiger partial charge in [-0.15, -0.1) is 0 Å². The number of carboxylic acid groups (broad SMARTS) is 1. The number of hydrogen-bond donors (Lipinski definition) is 2. The molecule has 0 bridgehead atoms. The fourth-order valence-electron chi connectivity index (χ4n) is 4.61. The maximum absolute atomic E-state index is 13.0. The van der Waals surface area contributed by atoms with E-state index in [0.29, 0.717) is 33.9 Å². The Hall–Kier alpha value is -3.82. The summed E-state index contributed by atoms with van der Waals surface area (Å²) >= 11 is 12.9. The molecule has 5 rings (SSSR count). The second kappa shape index (κ2) is 10.3. The topological polar surface area (TPSA) is 124 Å². The van der Waals surface area contributed by atoms with Crippen molar-refractivity contribution in [2.45, 2.75) is 25.4 Å². The first-order valence-corrected chi connectivity index (χ1v) is 12.4. The molecule has 0 amide bonds. The number of aromatic nitrogens is 3. The first-order valence-electron chi connectivity index (χ1n) is 11.6. The van der Waals surface area contributed by atoms with Crippen LogP contribution in [0.5, 0.6) is 5.88 Å². The van der Waals surface area contributed by atoms with Crippen molar-refractivity contribution in [2.75, 3.05) is 23.8 Å². The maximum atomic E-state index is 13.0. The van der Waals surface area contributed by atoms with Crippen molar-refractivity contribution in [3.05, 3.63) is 86.4 Å². The van der Waals surface area contributed by atoms with Gasteiger partial charge in [-0.1, -0.05) is 29.3 Å². The third-order valence-electron chi connectivity index (χ3n) is 6.40. The number of nitrogen functional groups attached to an aromatic ring is 1. The number of hydrogen-bond acceptors (Lipinski definition) is 7. The number of nitrogens with zero attached hydrogens (tertiary/aromatic N) is 4. The first kappa shape index (κ1) is 24.9. The molecular weight excluding hydrogens is 517 g/mol. The molecule has 9 nitrogen and oxygen atoms in total. The molecule has 4 aromatic rings. The van der Waals surface area contributed by atoms with Crippen LogP contribution in [0, 0.1) is 0 Å². The van der Waals surface area contributed by atoms with E-state index in [1.807, 2.05) is 6.07 Å². The minimum absolute atomic E-state index is 0.00721. The lowest BCUT2D eigenvalue weighted by Gasteiger charge is -2.28. The molecule has 0 saturated carbocycles. The predicted octanol–water partition coefficient (Wildman–Crippen LogP) is 4.47. The highest BCUT2D eigenvalue weighted by Gasteiger charge is 2.28.